The van der Waals surface area contributed by atoms with E-state index in [1.807, 2.05) is 11.8 Å². The Morgan fingerprint density at radius 2 is 2.25 bits per heavy atom. The van der Waals surface area contributed by atoms with Crippen molar-refractivity contribution in [3.05, 3.63) is 0 Å². The molecule has 5 heteroatoms. The summed E-state index contributed by atoms with van der Waals surface area (Å²) in [5.41, 5.74) is 0. The van der Waals surface area contributed by atoms with Gasteiger partial charge >= 0.3 is 0 Å². The molecule has 0 aromatic rings. The molecular weight excluding hydrogens is 244 g/mol. The number of nitrogens with one attached hydrogen (secondary N) is 2. The average Bonchev–Trinajstić information content (AvgIpc) is 2.74. The summed E-state index contributed by atoms with van der Waals surface area (Å²) in [5.74, 6) is 1.99. The van der Waals surface area contributed by atoms with Gasteiger partial charge in [0.1, 0.15) is 0 Å². The highest BCUT2D eigenvalue weighted by Crippen LogP contribution is 2.26. The van der Waals surface area contributed by atoms with Gasteiger partial charge in [-0.15, -0.1) is 24.2 Å². The van der Waals surface area contributed by atoms with Crippen molar-refractivity contribution in [2.45, 2.75) is 37.5 Å². The predicted molar refractivity (Wildman–Crippen MR) is 71.3 cm³/mol. The Morgan fingerprint density at radius 1 is 1.44 bits per heavy atom. The number of carbonyl (C=O) groups excluding carboxylic acids is 1. The molecule has 2 saturated heterocycles. The smallest absolute Gasteiger partial charge is 0.233 e. The fraction of sp³-hybridized carbons (Fsp3) is 0.909. The maximum Gasteiger partial charge on any atom is 0.233 e. The molecule has 0 radical (unpaired) electrons. The third-order valence-electron chi connectivity index (χ3n) is 3.34. The average molecular weight is 265 g/mol. The van der Waals surface area contributed by atoms with Crippen molar-refractivity contribution >= 4 is 30.1 Å². The molecule has 0 aromatic heterocycles. The number of hydrogen-bond donors (Lipinski definition) is 2. The number of hydrogen-bond acceptors (Lipinski definition) is 3. The van der Waals surface area contributed by atoms with E-state index >= 15 is 0 Å². The second kappa shape index (κ2) is 6.72. The van der Waals surface area contributed by atoms with Crippen LogP contribution in [0.2, 0.25) is 0 Å². The van der Waals surface area contributed by atoms with Gasteiger partial charge in [-0.1, -0.05) is 6.92 Å². The number of rotatable bonds is 2. The van der Waals surface area contributed by atoms with Crippen LogP contribution in [0.15, 0.2) is 0 Å². The van der Waals surface area contributed by atoms with E-state index in [4.69, 9.17) is 0 Å². The van der Waals surface area contributed by atoms with Crippen molar-refractivity contribution in [2.24, 2.45) is 5.92 Å². The topological polar surface area (TPSA) is 41.1 Å². The first kappa shape index (κ1) is 14.1. The van der Waals surface area contributed by atoms with Crippen LogP contribution in [-0.2, 0) is 4.79 Å². The predicted octanol–water partition coefficient (Wildman–Crippen LogP) is 1.42. The Kier molecular flexibility index (Phi) is 5.94. The summed E-state index contributed by atoms with van der Waals surface area (Å²) in [5, 5.41) is 6.79. The summed E-state index contributed by atoms with van der Waals surface area (Å²) in [7, 11) is 0. The molecule has 3 unspecified atom stereocenters. The number of amides is 1. The van der Waals surface area contributed by atoms with Gasteiger partial charge < -0.3 is 10.6 Å². The van der Waals surface area contributed by atoms with Crippen LogP contribution in [0.1, 0.15) is 26.2 Å². The van der Waals surface area contributed by atoms with Crippen molar-refractivity contribution in [1.82, 2.24) is 10.6 Å². The van der Waals surface area contributed by atoms with Gasteiger partial charge in [-0.25, -0.2) is 0 Å². The number of piperidine rings is 1. The SMILES string of the molecule is CC1CNCCC1NC(=O)C1CCCS1.Cl. The first-order valence-electron chi connectivity index (χ1n) is 5.90. The van der Waals surface area contributed by atoms with E-state index in [0.717, 1.165) is 31.7 Å². The van der Waals surface area contributed by atoms with Crippen LogP contribution in [0.3, 0.4) is 0 Å². The zero-order valence-corrected chi connectivity index (χ0v) is 11.3. The van der Waals surface area contributed by atoms with E-state index < -0.39 is 0 Å². The first-order chi connectivity index (χ1) is 7.27. The lowest BCUT2D eigenvalue weighted by atomic mass is 9.95. The standard InChI is InChI=1S/C11H20N2OS.ClH/c1-8-7-12-5-4-9(8)13-11(14)10-3-2-6-15-10;/h8-10,12H,2-7H2,1H3,(H,13,14);1H. The van der Waals surface area contributed by atoms with Crippen LogP contribution in [0.4, 0.5) is 0 Å². The molecule has 2 heterocycles. The molecule has 0 bridgehead atoms. The number of carbonyl (C=O) groups is 1. The van der Waals surface area contributed by atoms with E-state index in [1.165, 1.54) is 6.42 Å². The normalized spacial score (nSPS) is 34.2. The third kappa shape index (κ3) is 3.54. The molecular formula is C11H21ClN2OS. The molecule has 2 N–H and O–H groups in total. The molecule has 3 nitrogen and oxygen atoms in total. The Morgan fingerprint density at radius 3 is 2.88 bits per heavy atom. The van der Waals surface area contributed by atoms with Crippen molar-refractivity contribution in [1.29, 1.82) is 0 Å². The molecule has 0 aromatic carbocycles. The Bertz CT molecular complexity index is 234. The van der Waals surface area contributed by atoms with Crippen LogP contribution in [-0.4, -0.2) is 36.0 Å². The molecule has 2 aliphatic rings. The largest absolute Gasteiger partial charge is 0.352 e. The molecule has 3 atom stereocenters. The molecule has 16 heavy (non-hydrogen) atoms. The van der Waals surface area contributed by atoms with Crippen molar-refractivity contribution in [3.63, 3.8) is 0 Å². The van der Waals surface area contributed by atoms with Gasteiger partial charge in [0, 0.05) is 6.04 Å². The van der Waals surface area contributed by atoms with E-state index in [9.17, 15) is 4.79 Å². The van der Waals surface area contributed by atoms with Gasteiger partial charge in [0.25, 0.3) is 0 Å². The first-order valence-corrected chi connectivity index (χ1v) is 6.95. The molecule has 0 spiro atoms. The van der Waals surface area contributed by atoms with Crippen LogP contribution < -0.4 is 10.6 Å². The van der Waals surface area contributed by atoms with Crippen molar-refractivity contribution in [2.75, 3.05) is 18.8 Å². The summed E-state index contributed by atoms with van der Waals surface area (Å²) in [6, 6.07) is 0.389. The molecule has 1 amide bonds. The van der Waals surface area contributed by atoms with Gasteiger partial charge in [0.05, 0.1) is 5.25 Å². The van der Waals surface area contributed by atoms with Gasteiger partial charge in [-0.05, 0) is 44.0 Å². The number of halogens is 1. The highest BCUT2D eigenvalue weighted by molar-refractivity contribution is 8.00. The molecule has 2 fully saturated rings. The minimum Gasteiger partial charge on any atom is -0.352 e. The Balaban J connectivity index is 0.00000128. The monoisotopic (exact) mass is 264 g/mol. The van der Waals surface area contributed by atoms with E-state index in [2.05, 4.69) is 17.6 Å². The maximum atomic E-state index is 11.9. The highest BCUT2D eigenvalue weighted by atomic mass is 35.5. The van der Waals surface area contributed by atoms with Crippen LogP contribution in [0.25, 0.3) is 0 Å². The second-order valence-corrected chi connectivity index (χ2v) is 5.90. The minimum atomic E-state index is 0. The van der Waals surface area contributed by atoms with Gasteiger partial charge in [0.15, 0.2) is 0 Å². The number of thioether (sulfide) groups is 1. The molecule has 94 valence electrons. The maximum absolute atomic E-state index is 11.9. The van der Waals surface area contributed by atoms with Gasteiger partial charge in [-0.3, -0.25) is 4.79 Å². The Labute approximate surface area is 108 Å². The van der Waals surface area contributed by atoms with Crippen LogP contribution in [0, 0.1) is 5.92 Å². The van der Waals surface area contributed by atoms with Crippen molar-refractivity contribution < 1.29 is 4.79 Å². The lowest BCUT2D eigenvalue weighted by Crippen LogP contribution is -2.50. The van der Waals surface area contributed by atoms with Crippen LogP contribution in [0.5, 0.6) is 0 Å². The zero-order chi connectivity index (χ0) is 10.7. The van der Waals surface area contributed by atoms with Gasteiger partial charge in [0.2, 0.25) is 5.91 Å². The summed E-state index contributed by atoms with van der Waals surface area (Å²) in [6.45, 7) is 4.27. The molecule has 2 rings (SSSR count). The Hall–Kier alpha value is 0.0700. The fourth-order valence-corrected chi connectivity index (χ4v) is 3.46. The zero-order valence-electron chi connectivity index (χ0n) is 9.70. The third-order valence-corrected chi connectivity index (χ3v) is 4.71. The van der Waals surface area contributed by atoms with Crippen molar-refractivity contribution in [3.8, 4) is 0 Å². The molecule has 2 aliphatic heterocycles. The van der Waals surface area contributed by atoms with E-state index in [0.29, 0.717) is 12.0 Å². The second-order valence-electron chi connectivity index (χ2n) is 4.59. The molecule has 0 aliphatic carbocycles. The van der Waals surface area contributed by atoms with Gasteiger partial charge in [-0.2, -0.15) is 0 Å². The highest BCUT2D eigenvalue weighted by Gasteiger charge is 2.28. The summed E-state index contributed by atoms with van der Waals surface area (Å²) in [6.07, 6.45) is 3.34. The van der Waals surface area contributed by atoms with E-state index in [-0.39, 0.29) is 23.6 Å². The lowest BCUT2D eigenvalue weighted by Gasteiger charge is -2.30. The molecule has 0 saturated carbocycles. The fourth-order valence-electron chi connectivity index (χ4n) is 2.29. The summed E-state index contributed by atoms with van der Waals surface area (Å²) >= 11 is 1.81. The quantitative estimate of drug-likeness (QED) is 0.793. The minimum absolute atomic E-state index is 0. The summed E-state index contributed by atoms with van der Waals surface area (Å²) in [4.78, 5) is 11.9. The van der Waals surface area contributed by atoms with E-state index in [1.54, 1.807) is 0 Å². The lowest BCUT2D eigenvalue weighted by molar-refractivity contribution is -0.121. The van der Waals surface area contributed by atoms with Crippen LogP contribution >= 0.6 is 24.2 Å². The summed E-state index contributed by atoms with van der Waals surface area (Å²) < 4.78 is 0.